The first kappa shape index (κ1) is 15.7. The fourth-order valence-electron chi connectivity index (χ4n) is 2.25. The summed E-state index contributed by atoms with van der Waals surface area (Å²) < 4.78 is 0. The minimum Gasteiger partial charge on any atom is -0.310 e. The summed E-state index contributed by atoms with van der Waals surface area (Å²) >= 11 is 0. The molecule has 19 heavy (non-hydrogen) atoms. The summed E-state index contributed by atoms with van der Waals surface area (Å²) in [6.07, 6.45) is 5.17. The highest BCUT2D eigenvalue weighted by molar-refractivity contribution is 5.32. The van der Waals surface area contributed by atoms with Gasteiger partial charge < -0.3 is 5.32 Å². The average molecular weight is 258 g/mol. The van der Waals surface area contributed by atoms with Gasteiger partial charge in [0.05, 0.1) is 11.6 Å². The molecule has 0 aliphatic carbocycles. The van der Waals surface area contributed by atoms with Crippen LogP contribution in [0.1, 0.15) is 63.6 Å². The quantitative estimate of drug-likeness (QED) is 0.749. The van der Waals surface area contributed by atoms with Crippen molar-refractivity contribution in [3.63, 3.8) is 0 Å². The van der Waals surface area contributed by atoms with Crippen molar-refractivity contribution in [3.05, 3.63) is 35.4 Å². The molecule has 2 atom stereocenters. The van der Waals surface area contributed by atoms with E-state index >= 15 is 0 Å². The molecule has 1 N–H and O–H groups in total. The first-order chi connectivity index (χ1) is 9.21. The molecule has 0 heterocycles. The van der Waals surface area contributed by atoms with Gasteiger partial charge in [-0.05, 0) is 43.5 Å². The summed E-state index contributed by atoms with van der Waals surface area (Å²) in [6.45, 7) is 7.79. The third-order valence-corrected chi connectivity index (χ3v) is 3.80. The third-order valence-electron chi connectivity index (χ3n) is 3.80. The number of nitriles is 1. The van der Waals surface area contributed by atoms with Crippen molar-refractivity contribution in [1.82, 2.24) is 5.32 Å². The highest BCUT2D eigenvalue weighted by Crippen LogP contribution is 2.16. The van der Waals surface area contributed by atoms with E-state index in [1.807, 2.05) is 24.3 Å². The Morgan fingerprint density at radius 1 is 1.21 bits per heavy atom. The molecule has 2 nitrogen and oxygen atoms in total. The zero-order valence-corrected chi connectivity index (χ0v) is 12.4. The molecule has 0 saturated heterocycles. The number of unbranched alkanes of at least 4 members (excludes halogenated alkanes) is 1. The van der Waals surface area contributed by atoms with Crippen LogP contribution in [0.15, 0.2) is 24.3 Å². The van der Waals surface area contributed by atoms with E-state index in [-0.39, 0.29) is 0 Å². The van der Waals surface area contributed by atoms with Crippen LogP contribution in [0.4, 0.5) is 0 Å². The topological polar surface area (TPSA) is 35.8 Å². The van der Waals surface area contributed by atoms with Gasteiger partial charge >= 0.3 is 0 Å². The molecule has 0 aliphatic heterocycles. The second-order valence-corrected chi connectivity index (χ2v) is 5.28. The minimum absolute atomic E-state index is 0.350. The largest absolute Gasteiger partial charge is 0.310 e. The molecular formula is C17H26N2. The number of benzene rings is 1. The summed E-state index contributed by atoms with van der Waals surface area (Å²) in [7, 11) is 0. The van der Waals surface area contributed by atoms with Gasteiger partial charge in [-0.1, -0.05) is 45.2 Å². The van der Waals surface area contributed by atoms with Gasteiger partial charge in [0.25, 0.3) is 0 Å². The fraction of sp³-hybridized carbons (Fsp3) is 0.588. The van der Waals surface area contributed by atoms with Gasteiger partial charge in [-0.15, -0.1) is 0 Å². The second kappa shape index (κ2) is 8.72. The van der Waals surface area contributed by atoms with Gasteiger partial charge in [0.15, 0.2) is 0 Å². The lowest BCUT2D eigenvalue weighted by molar-refractivity contribution is 0.398. The molecule has 2 unspecified atom stereocenters. The molecule has 1 rings (SSSR count). The van der Waals surface area contributed by atoms with Crippen molar-refractivity contribution >= 4 is 0 Å². The van der Waals surface area contributed by atoms with Crippen LogP contribution in [-0.2, 0) is 0 Å². The Morgan fingerprint density at radius 2 is 1.89 bits per heavy atom. The number of nitrogens with zero attached hydrogens (tertiary/aromatic N) is 1. The van der Waals surface area contributed by atoms with Crippen molar-refractivity contribution in [3.8, 4) is 6.07 Å². The lowest BCUT2D eigenvalue weighted by Gasteiger charge is -2.20. The van der Waals surface area contributed by atoms with Crippen LogP contribution in [0.3, 0.4) is 0 Å². The average Bonchev–Trinajstić information content (AvgIpc) is 2.47. The van der Waals surface area contributed by atoms with Crippen LogP contribution in [0.2, 0.25) is 0 Å². The third kappa shape index (κ3) is 5.44. The summed E-state index contributed by atoms with van der Waals surface area (Å²) in [5.41, 5.74) is 1.98. The van der Waals surface area contributed by atoms with Crippen LogP contribution in [0.5, 0.6) is 0 Å². The molecule has 0 bridgehead atoms. The fourth-order valence-corrected chi connectivity index (χ4v) is 2.25. The van der Waals surface area contributed by atoms with Gasteiger partial charge in [-0.25, -0.2) is 0 Å². The maximum absolute atomic E-state index is 8.79. The molecule has 0 spiro atoms. The van der Waals surface area contributed by atoms with Crippen LogP contribution in [0.25, 0.3) is 0 Å². The van der Waals surface area contributed by atoms with Crippen LogP contribution in [-0.4, -0.2) is 6.54 Å². The monoisotopic (exact) mass is 258 g/mol. The predicted octanol–water partition coefficient (Wildman–Crippen LogP) is 4.43. The summed E-state index contributed by atoms with van der Waals surface area (Å²) in [4.78, 5) is 0. The maximum atomic E-state index is 8.79. The van der Waals surface area contributed by atoms with Crippen molar-refractivity contribution in [2.24, 2.45) is 5.92 Å². The molecule has 0 aromatic heterocycles. The maximum Gasteiger partial charge on any atom is 0.0991 e. The molecule has 1 aromatic rings. The van der Waals surface area contributed by atoms with E-state index in [0.29, 0.717) is 6.04 Å². The Morgan fingerprint density at radius 3 is 2.42 bits per heavy atom. The van der Waals surface area contributed by atoms with E-state index in [2.05, 4.69) is 32.2 Å². The van der Waals surface area contributed by atoms with E-state index < -0.39 is 0 Å². The molecule has 104 valence electrons. The Hall–Kier alpha value is -1.33. The van der Waals surface area contributed by atoms with Crippen molar-refractivity contribution in [1.29, 1.82) is 5.26 Å². The van der Waals surface area contributed by atoms with Gasteiger partial charge in [0.1, 0.15) is 0 Å². The van der Waals surface area contributed by atoms with Crippen molar-refractivity contribution in [2.75, 3.05) is 6.54 Å². The van der Waals surface area contributed by atoms with Crippen LogP contribution in [0, 0.1) is 17.2 Å². The van der Waals surface area contributed by atoms with Crippen molar-refractivity contribution < 1.29 is 0 Å². The van der Waals surface area contributed by atoms with E-state index in [4.69, 9.17) is 5.26 Å². The molecule has 0 aliphatic rings. The smallest absolute Gasteiger partial charge is 0.0991 e. The SMILES string of the molecule is CCCCC(CC)CNC(C)c1ccc(C#N)cc1. The molecule has 2 heteroatoms. The van der Waals surface area contributed by atoms with E-state index in [1.165, 1.54) is 31.2 Å². The summed E-state index contributed by atoms with van der Waals surface area (Å²) in [5.74, 6) is 0.779. The van der Waals surface area contributed by atoms with Gasteiger partial charge in [-0.3, -0.25) is 0 Å². The Balaban J connectivity index is 2.44. The van der Waals surface area contributed by atoms with Gasteiger partial charge in [0, 0.05) is 6.04 Å². The van der Waals surface area contributed by atoms with E-state index in [0.717, 1.165) is 18.0 Å². The summed E-state index contributed by atoms with van der Waals surface area (Å²) in [6, 6.07) is 10.4. The van der Waals surface area contributed by atoms with Crippen molar-refractivity contribution in [2.45, 2.75) is 52.5 Å². The number of nitrogens with one attached hydrogen (secondary N) is 1. The standard InChI is InChI=1S/C17H26N2/c1-4-6-7-15(5-2)13-19-14(3)17-10-8-16(12-18)9-11-17/h8-11,14-15,19H,4-7,13H2,1-3H3. The number of hydrogen-bond acceptors (Lipinski definition) is 2. The Labute approximate surface area is 117 Å². The zero-order chi connectivity index (χ0) is 14.1. The van der Waals surface area contributed by atoms with E-state index in [9.17, 15) is 0 Å². The number of rotatable bonds is 8. The highest BCUT2D eigenvalue weighted by Gasteiger charge is 2.09. The molecular weight excluding hydrogens is 232 g/mol. The molecule has 0 saturated carbocycles. The van der Waals surface area contributed by atoms with Gasteiger partial charge in [-0.2, -0.15) is 5.26 Å². The molecule has 0 radical (unpaired) electrons. The summed E-state index contributed by atoms with van der Waals surface area (Å²) in [5, 5.41) is 12.4. The molecule has 1 aromatic carbocycles. The highest BCUT2D eigenvalue weighted by atomic mass is 14.9. The Kier molecular flexibility index (Phi) is 7.22. The second-order valence-electron chi connectivity index (χ2n) is 5.28. The molecule has 0 amide bonds. The minimum atomic E-state index is 0.350. The Bertz CT molecular complexity index is 389. The lowest BCUT2D eigenvalue weighted by atomic mass is 9.98. The van der Waals surface area contributed by atoms with E-state index in [1.54, 1.807) is 0 Å². The molecule has 0 fully saturated rings. The normalized spacial score (nSPS) is 13.8. The lowest BCUT2D eigenvalue weighted by Crippen LogP contribution is -2.25. The first-order valence-corrected chi connectivity index (χ1v) is 7.44. The predicted molar refractivity (Wildman–Crippen MR) is 80.9 cm³/mol. The first-order valence-electron chi connectivity index (χ1n) is 7.44. The van der Waals surface area contributed by atoms with Crippen LogP contribution < -0.4 is 5.32 Å². The van der Waals surface area contributed by atoms with Crippen LogP contribution >= 0.6 is 0 Å². The number of hydrogen-bond donors (Lipinski definition) is 1. The van der Waals surface area contributed by atoms with Gasteiger partial charge in [0.2, 0.25) is 0 Å². The zero-order valence-electron chi connectivity index (χ0n) is 12.4.